The lowest BCUT2D eigenvalue weighted by atomic mass is 9.80. The molecule has 1 saturated heterocycles. The molecule has 4 unspecified atom stereocenters. The molecule has 0 amide bonds. The fourth-order valence-corrected chi connectivity index (χ4v) is 3.73. The lowest BCUT2D eigenvalue weighted by molar-refractivity contribution is 0.0731. The predicted octanol–water partition coefficient (Wildman–Crippen LogP) is 2.65. The fourth-order valence-electron chi connectivity index (χ4n) is 3.73. The molecule has 0 bridgehead atoms. The van der Waals surface area contributed by atoms with Gasteiger partial charge in [0.15, 0.2) is 0 Å². The third kappa shape index (κ3) is 3.93. The predicted molar refractivity (Wildman–Crippen MR) is 80.5 cm³/mol. The molecule has 4 atom stereocenters. The van der Waals surface area contributed by atoms with Crippen LogP contribution in [0.5, 0.6) is 0 Å². The Morgan fingerprint density at radius 2 is 2.05 bits per heavy atom. The van der Waals surface area contributed by atoms with E-state index in [9.17, 15) is 0 Å². The van der Waals surface area contributed by atoms with Gasteiger partial charge in [0, 0.05) is 24.7 Å². The van der Waals surface area contributed by atoms with Gasteiger partial charge in [-0.05, 0) is 51.6 Å². The van der Waals surface area contributed by atoms with Crippen LogP contribution in [0.2, 0.25) is 0 Å². The van der Waals surface area contributed by atoms with E-state index in [1.54, 1.807) is 0 Å². The third-order valence-corrected chi connectivity index (χ3v) is 5.16. The largest absolute Gasteiger partial charge is 0.380 e. The van der Waals surface area contributed by atoms with Crippen LogP contribution in [0.25, 0.3) is 0 Å². The Bertz CT molecular complexity index is 253. The number of hydrogen-bond donors (Lipinski definition) is 1. The van der Waals surface area contributed by atoms with Gasteiger partial charge in [-0.3, -0.25) is 4.90 Å². The zero-order valence-corrected chi connectivity index (χ0v) is 13.0. The van der Waals surface area contributed by atoms with E-state index in [0.29, 0.717) is 18.1 Å². The molecule has 2 aliphatic rings. The van der Waals surface area contributed by atoms with Crippen LogP contribution < -0.4 is 5.32 Å². The van der Waals surface area contributed by atoms with Crippen molar-refractivity contribution in [2.24, 2.45) is 5.92 Å². The van der Waals surface area contributed by atoms with Crippen LogP contribution in [0, 0.1) is 5.92 Å². The summed E-state index contributed by atoms with van der Waals surface area (Å²) in [7, 11) is 2.32. The van der Waals surface area contributed by atoms with E-state index in [2.05, 4.69) is 31.1 Å². The summed E-state index contributed by atoms with van der Waals surface area (Å²) in [5, 5.41) is 3.79. The van der Waals surface area contributed by atoms with Crippen molar-refractivity contribution in [2.75, 3.05) is 26.8 Å². The van der Waals surface area contributed by atoms with E-state index >= 15 is 0 Å². The normalized spacial score (nSPS) is 36.0. The van der Waals surface area contributed by atoms with Gasteiger partial charge in [0.1, 0.15) is 0 Å². The zero-order valence-electron chi connectivity index (χ0n) is 13.0. The Morgan fingerprint density at radius 1 is 1.21 bits per heavy atom. The van der Waals surface area contributed by atoms with Crippen molar-refractivity contribution in [1.29, 1.82) is 0 Å². The highest BCUT2D eigenvalue weighted by atomic mass is 16.5. The lowest BCUT2D eigenvalue weighted by Crippen LogP contribution is -2.55. The van der Waals surface area contributed by atoms with Crippen molar-refractivity contribution in [3.8, 4) is 0 Å². The minimum atomic E-state index is 0.645. The Labute approximate surface area is 119 Å². The number of ether oxygens (including phenoxy) is 1. The lowest BCUT2D eigenvalue weighted by Gasteiger charge is -2.43. The summed E-state index contributed by atoms with van der Waals surface area (Å²) in [4.78, 5) is 2.63. The van der Waals surface area contributed by atoms with Gasteiger partial charge in [0.05, 0.1) is 6.61 Å². The molecule has 1 aliphatic heterocycles. The molecule has 1 aliphatic carbocycles. The van der Waals surface area contributed by atoms with Gasteiger partial charge in [-0.2, -0.15) is 0 Å². The Hall–Kier alpha value is -0.120. The second-order valence-corrected chi connectivity index (χ2v) is 6.40. The fraction of sp³-hybridized carbons (Fsp3) is 1.00. The summed E-state index contributed by atoms with van der Waals surface area (Å²) in [5.41, 5.74) is 0. The molecule has 2 fully saturated rings. The molecular formula is C16H32N2O. The van der Waals surface area contributed by atoms with E-state index in [0.717, 1.165) is 25.7 Å². The number of likely N-dealkylation sites (N-methyl/N-ethyl adjacent to an activating group) is 1. The summed E-state index contributed by atoms with van der Waals surface area (Å²) in [6, 6.07) is 2.04. The van der Waals surface area contributed by atoms with E-state index in [-0.39, 0.29) is 0 Å². The van der Waals surface area contributed by atoms with Crippen LogP contribution >= 0.6 is 0 Å². The summed E-state index contributed by atoms with van der Waals surface area (Å²) in [6.45, 7) is 7.65. The monoisotopic (exact) mass is 268 g/mol. The third-order valence-electron chi connectivity index (χ3n) is 5.16. The van der Waals surface area contributed by atoms with E-state index in [4.69, 9.17) is 4.74 Å². The second kappa shape index (κ2) is 7.61. The molecule has 1 saturated carbocycles. The highest BCUT2D eigenvalue weighted by Gasteiger charge is 2.35. The maximum atomic E-state index is 5.58. The van der Waals surface area contributed by atoms with Crippen molar-refractivity contribution >= 4 is 0 Å². The quantitative estimate of drug-likeness (QED) is 0.801. The van der Waals surface area contributed by atoms with Crippen molar-refractivity contribution in [3.05, 3.63) is 0 Å². The Kier molecular flexibility index (Phi) is 6.11. The molecule has 0 radical (unpaired) electrons. The van der Waals surface area contributed by atoms with Crippen LogP contribution in [-0.4, -0.2) is 49.8 Å². The van der Waals surface area contributed by atoms with E-state index < -0.39 is 0 Å². The molecule has 0 aromatic rings. The van der Waals surface area contributed by atoms with Gasteiger partial charge in [0.25, 0.3) is 0 Å². The number of hydrogen-bond acceptors (Lipinski definition) is 3. The van der Waals surface area contributed by atoms with Crippen molar-refractivity contribution in [3.63, 3.8) is 0 Å². The number of rotatable bonds is 6. The Morgan fingerprint density at radius 3 is 2.68 bits per heavy atom. The number of nitrogens with zero attached hydrogens (tertiary/aromatic N) is 1. The van der Waals surface area contributed by atoms with Gasteiger partial charge in [-0.15, -0.1) is 0 Å². The number of nitrogens with one attached hydrogen (secondary N) is 1. The first-order valence-electron chi connectivity index (χ1n) is 8.29. The highest BCUT2D eigenvalue weighted by Crippen LogP contribution is 2.31. The summed E-state index contributed by atoms with van der Waals surface area (Å²) < 4.78 is 5.58. The molecule has 1 heterocycles. The summed E-state index contributed by atoms with van der Waals surface area (Å²) >= 11 is 0. The second-order valence-electron chi connectivity index (χ2n) is 6.40. The van der Waals surface area contributed by atoms with Crippen molar-refractivity contribution in [1.82, 2.24) is 10.2 Å². The molecule has 2 rings (SSSR count). The maximum Gasteiger partial charge on any atom is 0.0622 e. The molecular weight excluding hydrogens is 236 g/mol. The molecule has 0 spiro atoms. The van der Waals surface area contributed by atoms with Crippen molar-refractivity contribution < 1.29 is 4.74 Å². The standard InChI is InChI=1S/C16H32N2O/c1-4-9-17-15-7-6-13(5-2)11-16(15)18(3)14-8-10-19-12-14/h13-17H,4-12H2,1-3H3. The minimum Gasteiger partial charge on any atom is -0.380 e. The van der Waals surface area contributed by atoms with E-state index in [1.165, 1.54) is 38.5 Å². The summed E-state index contributed by atoms with van der Waals surface area (Å²) in [5.74, 6) is 0.925. The first-order valence-corrected chi connectivity index (χ1v) is 8.29. The van der Waals surface area contributed by atoms with Gasteiger partial charge < -0.3 is 10.1 Å². The molecule has 0 aromatic heterocycles. The van der Waals surface area contributed by atoms with Crippen LogP contribution in [-0.2, 0) is 4.74 Å². The van der Waals surface area contributed by atoms with Crippen LogP contribution in [0.4, 0.5) is 0 Å². The molecule has 3 heteroatoms. The molecule has 19 heavy (non-hydrogen) atoms. The average molecular weight is 268 g/mol. The van der Waals surface area contributed by atoms with Gasteiger partial charge in [-0.1, -0.05) is 20.3 Å². The molecule has 1 N–H and O–H groups in total. The Balaban J connectivity index is 1.96. The molecule has 0 aromatic carbocycles. The topological polar surface area (TPSA) is 24.5 Å². The van der Waals surface area contributed by atoms with Crippen LogP contribution in [0.1, 0.15) is 52.4 Å². The van der Waals surface area contributed by atoms with Gasteiger partial charge in [0.2, 0.25) is 0 Å². The summed E-state index contributed by atoms with van der Waals surface area (Å²) in [6.07, 6.45) is 7.91. The van der Waals surface area contributed by atoms with Crippen LogP contribution in [0.3, 0.4) is 0 Å². The van der Waals surface area contributed by atoms with Gasteiger partial charge >= 0.3 is 0 Å². The SMILES string of the molecule is CCCNC1CCC(CC)CC1N(C)C1CCOC1. The van der Waals surface area contributed by atoms with Crippen LogP contribution in [0.15, 0.2) is 0 Å². The maximum absolute atomic E-state index is 5.58. The molecule has 112 valence electrons. The molecule has 3 nitrogen and oxygen atoms in total. The van der Waals surface area contributed by atoms with Crippen molar-refractivity contribution in [2.45, 2.75) is 70.5 Å². The minimum absolute atomic E-state index is 0.645. The average Bonchev–Trinajstić information content (AvgIpc) is 2.98. The highest BCUT2D eigenvalue weighted by molar-refractivity contribution is 4.92. The smallest absolute Gasteiger partial charge is 0.0622 e. The zero-order chi connectivity index (χ0) is 13.7. The first kappa shape index (κ1) is 15.3. The van der Waals surface area contributed by atoms with E-state index in [1.807, 2.05) is 0 Å². The first-order chi connectivity index (χ1) is 9.26. The van der Waals surface area contributed by atoms with Gasteiger partial charge in [-0.25, -0.2) is 0 Å².